The molecule has 4 heteroatoms. The molecule has 0 saturated heterocycles. The Kier molecular flexibility index (Phi) is 4.76. The molecule has 0 spiro atoms. The van der Waals surface area contributed by atoms with Crippen molar-refractivity contribution in [2.45, 2.75) is 31.8 Å². The van der Waals surface area contributed by atoms with Crippen LogP contribution in [0.3, 0.4) is 0 Å². The van der Waals surface area contributed by atoms with Crippen molar-refractivity contribution >= 4 is 0 Å². The maximum absolute atomic E-state index is 5.49. The van der Waals surface area contributed by atoms with E-state index in [0.29, 0.717) is 12.5 Å². The minimum absolute atomic E-state index is 0.653. The molecule has 1 aromatic heterocycles. The van der Waals surface area contributed by atoms with Crippen LogP contribution in [0, 0.1) is 0 Å². The maximum Gasteiger partial charge on any atom is 0.213 e. The van der Waals surface area contributed by atoms with E-state index in [1.54, 1.807) is 7.11 Å². The Labute approximate surface area is 102 Å². The van der Waals surface area contributed by atoms with Gasteiger partial charge in [-0.25, -0.2) is 4.98 Å². The molecule has 1 N–H and O–H groups in total. The zero-order valence-electron chi connectivity index (χ0n) is 10.3. The molecule has 1 aliphatic rings. The lowest BCUT2D eigenvalue weighted by atomic mass is 10.3. The van der Waals surface area contributed by atoms with Gasteiger partial charge in [0.05, 0.1) is 6.61 Å². The van der Waals surface area contributed by atoms with Gasteiger partial charge >= 0.3 is 0 Å². The van der Waals surface area contributed by atoms with Crippen molar-refractivity contribution in [3.8, 4) is 5.88 Å². The van der Waals surface area contributed by atoms with Crippen LogP contribution < -0.4 is 10.1 Å². The second-order valence-corrected chi connectivity index (χ2v) is 4.35. The Morgan fingerprint density at radius 3 is 2.88 bits per heavy atom. The zero-order valence-corrected chi connectivity index (χ0v) is 10.3. The molecule has 2 rings (SSSR count). The fraction of sp³-hybridized carbons (Fsp3) is 0.615. The van der Waals surface area contributed by atoms with Gasteiger partial charge in [-0.15, -0.1) is 0 Å². The van der Waals surface area contributed by atoms with Crippen molar-refractivity contribution in [3.63, 3.8) is 0 Å². The molecular formula is C13H20N2O2. The van der Waals surface area contributed by atoms with Gasteiger partial charge in [-0.1, -0.05) is 6.07 Å². The van der Waals surface area contributed by atoms with E-state index in [-0.39, 0.29) is 0 Å². The Morgan fingerprint density at radius 1 is 1.35 bits per heavy atom. The Balaban J connectivity index is 1.68. The molecule has 0 bridgehead atoms. The van der Waals surface area contributed by atoms with E-state index in [1.165, 1.54) is 18.4 Å². The van der Waals surface area contributed by atoms with Crippen molar-refractivity contribution in [1.29, 1.82) is 0 Å². The largest absolute Gasteiger partial charge is 0.478 e. The molecule has 1 heterocycles. The fourth-order valence-corrected chi connectivity index (χ4v) is 1.53. The van der Waals surface area contributed by atoms with E-state index in [1.807, 2.05) is 12.3 Å². The fourth-order valence-electron chi connectivity index (χ4n) is 1.53. The highest BCUT2D eigenvalue weighted by Gasteiger charge is 2.19. The molecule has 1 aromatic rings. The molecular weight excluding hydrogens is 216 g/mol. The van der Waals surface area contributed by atoms with Crippen molar-refractivity contribution in [3.05, 3.63) is 23.9 Å². The highest BCUT2D eigenvalue weighted by atomic mass is 16.5. The van der Waals surface area contributed by atoms with E-state index in [9.17, 15) is 0 Å². The quantitative estimate of drug-likeness (QED) is 0.698. The van der Waals surface area contributed by atoms with Gasteiger partial charge in [0.15, 0.2) is 0 Å². The number of rotatable bonds is 8. The minimum Gasteiger partial charge on any atom is -0.478 e. The van der Waals surface area contributed by atoms with Crippen LogP contribution in [0.4, 0.5) is 0 Å². The lowest BCUT2D eigenvalue weighted by Crippen LogP contribution is -2.15. The SMILES string of the molecule is COCCCOc1ccc(CNC2CC2)cn1. The van der Waals surface area contributed by atoms with Crippen molar-refractivity contribution in [2.75, 3.05) is 20.3 Å². The number of hydrogen-bond acceptors (Lipinski definition) is 4. The lowest BCUT2D eigenvalue weighted by molar-refractivity contribution is 0.170. The molecule has 0 atom stereocenters. The van der Waals surface area contributed by atoms with E-state index in [2.05, 4.69) is 16.4 Å². The zero-order chi connectivity index (χ0) is 11.9. The molecule has 0 amide bonds. The maximum atomic E-state index is 5.49. The Bertz CT molecular complexity index is 323. The highest BCUT2D eigenvalue weighted by molar-refractivity contribution is 5.17. The monoisotopic (exact) mass is 236 g/mol. The molecule has 1 aliphatic carbocycles. The van der Waals surface area contributed by atoms with Crippen molar-refractivity contribution in [1.82, 2.24) is 10.3 Å². The molecule has 0 aliphatic heterocycles. The number of ether oxygens (including phenoxy) is 2. The summed E-state index contributed by atoms with van der Waals surface area (Å²) < 4.78 is 10.4. The molecule has 0 radical (unpaired) electrons. The van der Waals surface area contributed by atoms with Crippen LogP contribution in [0.5, 0.6) is 5.88 Å². The van der Waals surface area contributed by atoms with Gasteiger partial charge in [0.1, 0.15) is 0 Å². The van der Waals surface area contributed by atoms with Crippen LogP contribution in [0.15, 0.2) is 18.3 Å². The normalized spacial score (nSPS) is 14.9. The number of methoxy groups -OCH3 is 1. The van der Waals surface area contributed by atoms with Gasteiger partial charge in [0, 0.05) is 45.0 Å². The minimum atomic E-state index is 0.653. The first-order chi connectivity index (χ1) is 8.38. The first-order valence-electron chi connectivity index (χ1n) is 6.18. The summed E-state index contributed by atoms with van der Waals surface area (Å²) in [6, 6.07) is 4.73. The van der Waals surface area contributed by atoms with Crippen molar-refractivity contribution < 1.29 is 9.47 Å². The molecule has 94 valence electrons. The van der Waals surface area contributed by atoms with Crippen LogP contribution in [-0.4, -0.2) is 31.3 Å². The third kappa shape index (κ3) is 4.71. The van der Waals surface area contributed by atoms with Gasteiger partial charge in [0.2, 0.25) is 5.88 Å². The molecule has 0 aromatic carbocycles. The van der Waals surface area contributed by atoms with E-state index < -0.39 is 0 Å². The lowest BCUT2D eigenvalue weighted by Gasteiger charge is -2.06. The predicted octanol–water partition coefficient (Wildman–Crippen LogP) is 1.75. The van der Waals surface area contributed by atoms with E-state index in [0.717, 1.165) is 25.6 Å². The average molecular weight is 236 g/mol. The molecule has 1 fully saturated rings. The number of nitrogens with zero attached hydrogens (tertiary/aromatic N) is 1. The number of hydrogen-bond donors (Lipinski definition) is 1. The van der Waals surface area contributed by atoms with Gasteiger partial charge in [-0.05, 0) is 18.4 Å². The number of pyridine rings is 1. The second-order valence-electron chi connectivity index (χ2n) is 4.35. The molecule has 17 heavy (non-hydrogen) atoms. The second kappa shape index (κ2) is 6.57. The number of nitrogens with one attached hydrogen (secondary N) is 1. The summed E-state index contributed by atoms with van der Waals surface area (Å²) in [6.45, 7) is 2.28. The third-order valence-electron chi connectivity index (χ3n) is 2.71. The smallest absolute Gasteiger partial charge is 0.213 e. The summed E-state index contributed by atoms with van der Waals surface area (Å²) in [5, 5.41) is 3.45. The van der Waals surface area contributed by atoms with Crippen LogP contribution in [0.25, 0.3) is 0 Å². The summed E-state index contributed by atoms with van der Waals surface area (Å²) in [5.74, 6) is 0.691. The van der Waals surface area contributed by atoms with Gasteiger partial charge in [-0.2, -0.15) is 0 Å². The summed E-state index contributed by atoms with van der Waals surface area (Å²) in [6.07, 6.45) is 5.40. The molecule has 4 nitrogen and oxygen atoms in total. The van der Waals surface area contributed by atoms with E-state index in [4.69, 9.17) is 9.47 Å². The topological polar surface area (TPSA) is 43.4 Å². The summed E-state index contributed by atoms with van der Waals surface area (Å²) >= 11 is 0. The van der Waals surface area contributed by atoms with Crippen LogP contribution in [0.1, 0.15) is 24.8 Å². The molecule has 1 saturated carbocycles. The average Bonchev–Trinajstić information content (AvgIpc) is 3.18. The summed E-state index contributed by atoms with van der Waals surface area (Å²) in [7, 11) is 1.69. The first kappa shape index (κ1) is 12.3. The highest BCUT2D eigenvalue weighted by Crippen LogP contribution is 2.19. The predicted molar refractivity (Wildman–Crippen MR) is 66.1 cm³/mol. The van der Waals surface area contributed by atoms with Gasteiger partial charge in [-0.3, -0.25) is 0 Å². The first-order valence-corrected chi connectivity index (χ1v) is 6.18. The number of aromatic nitrogens is 1. The van der Waals surface area contributed by atoms with Crippen molar-refractivity contribution in [2.24, 2.45) is 0 Å². The molecule has 0 unspecified atom stereocenters. The van der Waals surface area contributed by atoms with Crippen LogP contribution in [-0.2, 0) is 11.3 Å². The van der Waals surface area contributed by atoms with Crippen LogP contribution in [0.2, 0.25) is 0 Å². The van der Waals surface area contributed by atoms with Gasteiger partial charge < -0.3 is 14.8 Å². The summed E-state index contributed by atoms with van der Waals surface area (Å²) in [4.78, 5) is 4.27. The van der Waals surface area contributed by atoms with Crippen LogP contribution >= 0.6 is 0 Å². The van der Waals surface area contributed by atoms with Gasteiger partial charge in [0.25, 0.3) is 0 Å². The third-order valence-corrected chi connectivity index (χ3v) is 2.71. The Morgan fingerprint density at radius 2 is 2.24 bits per heavy atom. The summed E-state index contributed by atoms with van der Waals surface area (Å²) in [5.41, 5.74) is 1.21. The Hall–Kier alpha value is -1.13. The van der Waals surface area contributed by atoms with E-state index >= 15 is 0 Å². The standard InChI is InChI=1S/C13H20N2O2/c1-16-7-2-8-17-13-6-3-11(10-15-13)9-14-12-4-5-12/h3,6,10,12,14H,2,4-5,7-9H2,1H3.